The van der Waals surface area contributed by atoms with E-state index in [1.807, 2.05) is 6.07 Å². The summed E-state index contributed by atoms with van der Waals surface area (Å²) in [6.07, 6.45) is 6.13. The van der Waals surface area contributed by atoms with Crippen molar-refractivity contribution in [2.45, 2.75) is 37.6 Å². The second kappa shape index (κ2) is 6.59. The van der Waals surface area contributed by atoms with Crippen LogP contribution in [0.25, 0.3) is 0 Å². The number of ether oxygens (including phenoxy) is 1. The zero-order valence-electron chi connectivity index (χ0n) is 13.9. The summed E-state index contributed by atoms with van der Waals surface area (Å²) in [5.74, 6) is 3.04. The lowest BCUT2D eigenvalue weighted by Crippen LogP contribution is -2.39. The number of nitrogens with one attached hydrogen (secondary N) is 1. The minimum Gasteiger partial charge on any atom is -0.481 e. The molecule has 0 spiro atoms. The molecule has 2 fully saturated rings. The van der Waals surface area contributed by atoms with Crippen LogP contribution in [0.3, 0.4) is 0 Å². The summed E-state index contributed by atoms with van der Waals surface area (Å²) in [6, 6.07) is 6.48. The fourth-order valence-electron chi connectivity index (χ4n) is 3.09. The monoisotopic (exact) mass is 326 g/mol. The van der Waals surface area contributed by atoms with E-state index in [0.717, 1.165) is 43.3 Å². The average molecular weight is 326 g/mol. The number of hydrogen-bond donors (Lipinski definition) is 1. The molecule has 2 aliphatic rings. The van der Waals surface area contributed by atoms with Gasteiger partial charge < -0.3 is 15.0 Å². The molecule has 24 heavy (non-hydrogen) atoms. The number of methoxy groups -OCH3 is 1. The van der Waals surface area contributed by atoms with Gasteiger partial charge in [-0.3, -0.25) is 0 Å². The molecule has 4 rings (SSSR count). The van der Waals surface area contributed by atoms with Gasteiger partial charge in [0, 0.05) is 31.1 Å². The van der Waals surface area contributed by atoms with Gasteiger partial charge >= 0.3 is 0 Å². The molecule has 0 bridgehead atoms. The van der Waals surface area contributed by atoms with Crippen molar-refractivity contribution < 1.29 is 4.74 Å². The highest BCUT2D eigenvalue weighted by Crippen LogP contribution is 2.38. The molecule has 1 N–H and O–H groups in total. The van der Waals surface area contributed by atoms with Gasteiger partial charge in [0.25, 0.3) is 0 Å². The largest absolute Gasteiger partial charge is 0.481 e. The van der Waals surface area contributed by atoms with Gasteiger partial charge in [-0.15, -0.1) is 5.10 Å². The Morgan fingerprint density at radius 3 is 2.58 bits per heavy atom. The Labute approximate surface area is 141 Å². The lowest BCUT2D eigenvalue weighted by Gasteiger charge is -2.33. The molecule has 7 heteroatoms. The molecule has 2 aromatic heterocycles. The van der Waals surface area contributed by atoms with Crippen molar-refractivity contribution in [1.82, 2.24) is 20.2 Å². The van der Waals surface area contributed by atoms with E-state index in [9.17, 15) is 0 Å². The molecule has 0 atom stereocenters. The number of piperidine rings is 1. The van der Waals surface area contributed by atoms with Crippen molar-refractivity contribution in [3.05, 3.63) is 30.2 Å². The van der Waals surface area contributed by atoms with E-state index in [1.165, 1.54) is 19.2 Å². The van der Waals surface area contributed by atoms with Crippen molar-refractivity contribution in [1.29, 1.82) is 0 Å². The molecule has 126 valence electrons. The third-order valence-corrected chi connectivity index (χ3v) is 4.69. The topological polar surface area (TPSA) is 76.1 Å². The third-order valence-electron chi connectivity index (χ3n) is 4.69. The van der Waals surface area contributed by atoms with Crippen LogP contribution in [0.15, 0.2) is 24.5 Å². The van der Waals surface area contributed by atoms with E-state index in [-0.39, 0.29) is 0 Å². The van der Waals surface area contributed by atoms with Crippen LogP contribution in [-0.4, -0.2) is 46.4 Å². The normalized spacial score (nSPS) is 18.5. The average Bonchev–Trinajstić information content (AvgIpc) is 3.48. The molecule has 0 aromatic carbocycles. The second-order valence-corrected chi connectivity index (χ2v) is 6.44. The minimum atomic E-state index is 0.402. The Morgan fingerprint density at radius 2 is 1.92 bits per heavy atom. The van der Waals surface area contributed by atoms with E-state index >= 15 is 0 Å². The highest BCUT2D eigenvalue weighted by molar-refractivity contribution is 5.41. The van der Waals surface area contributed by atoms with Gasteiger partial charge in [0.05, 0.1) is 12.8 Å². The second-order valence-electron chi connectivity index (χ2n) is 6.44. The highest BCUT2D eigenvalue weighted by atomic mass is 16.5. The Bertz CT molecular complexity index is 680. The van der Waals surface area contributed by atoms with Crippen molar-refractivity contribution in [2.24, 2.45) is 0 Å². The van der Waals surface area contributed by atoms with E-state index in [1.54, 1.807) is 7.11 Å². The molecule has 2 aromatic rings. The summed E-state index contributed by atoms with van der Waals surface area (Å²) in [5, 5.41) is 12.3. The van der Waals surface area contributed by atoms with E-state index in [4.69, 9.17) is 4.74 Å². The Balaban J connectivity index is 1.32. The zero-order valence-corrected chi connectivity index (χ0v) is 13.9. The molecule has 0 radical (unpaired) electrons. The van der Waals surface area contributed by atoms with Gasteiger partial charge in [-0.1, -0.05) is 0 Å². The SMILES string of the molecule is COc1cc(NC2CCN(c3ccc(C4CC4)nn3)CC2)ncn1. The Morgan fingerprint density at radius 1 is 1.08 bits per heavy atom. The van der Waals surface area contributed by atoms with Crippen LogP contribution in [-0.2, 0) is 0 Å². The quantitative estimate of drug-likeness (QED) is 0.903. The van der Waals surface area contributed by atoms with Gasteiger partial charge in [-0.2, -0.15) is 5.10 Å². The maximum Gasteiger partial charge on any atom is 0.218 e. The first-order valence-electron chi connectivity index (χ1n) is 8.53. The molecule has 7 nitrogen and oxygen atoms in total. The molecule has 0 unspecified atom stereocenters. The fourth-order valence-corrected chi connectivity index (χ4v) is 3.09. The molecular weight excluding hydrogens is 304 g/mol. The van der Waals surface area contributed by atoms with Crippen molar-refractivity contribution in [2.75, 3.05) is 30.4 Å². The maximum atomic E-state index is 5.14. The van der Waals surface area contributed by atoms with Crippen LogP contribution in [0, 0.1) is 0 Å². The Hall–Kier alpha value is -2.44. The number of rotatable bonds is 5. The summed E-state index contributed by atoms with van der Waals surface area (Å²) in [5.41, 5.74) is 1.15. The lowest BCUT2D eigenvalue weighted by atomic mass is 10.1. The van der Waals surface area contributed by atoms with Crippen molar-refractivity contribution in [3.8, 4) is 5.88 Å². The third kappa shape index (κ3) is 3.39. The van der Waals surface area contributed by atoms with E-state index in [0.29, 0.717) is 17.8 Å². The van der Waals surface area contributed by atoms with E-state index in [2.05, 4.69) is 42.5 Å². The number of hydrogen-bond acceptors (Lipinski definition) is 7. The first kappa shape index (κ1) is 15.1. The smallest absolute Gasteiger partial charge is 0.218 e. The van der Waals surface area contributed by atoms with Gasteiger partial charge in [-0.25, -0.2) is 9.97 Å². The summed E-state index contributed by atoms with van der Waals surface area (Å²) < 4.78 is 5.14. The van der Waals surface area contributed by atoms with E-state index < -0.39 is 0 Å². The molecule has 1 aliphatic heterocycles. The van der Waals surface area contributed by atoms with Crippen LogP contribution < -0.4 is 15.0 Å². The Kier molecular flexibility index (Phi) is 4.15. The van der Waals surface area contributed by atoms with Crippen molar-refractivity contribution >= 4 is 11.6 Å². The fraction of sp³-hybridized carbons (Fsp3) is 0.529. The summed E-state index contributed by atoms with van der Waals surface area (Å²) in [4.78, 5) is 10.6. The van der Waals surface area contributed by atoms with Gasteiger partial charge in [0.2, 0.25) is 5.88 Å². The predicted octanol–water partition coefficient (Wildman–Crippen LogP) is 2.23. The number of anilines is 2. The molecule has 1 saturated carbocycles. The van der Waals surface area contributed by atoms with Gasteiger partial charge in [0.1, 0.15) is 12.1 Å². The summed E-state index contributed by atoms with van der Waals surface area (Å²) >= 11 is 0. The first-order chi connectivity index (χ1) is 11.8. The summed E-state index contributed by atoms with van der Waals surface area (Å²) in [6.45, 7) is 1.94. The number of aromatic nitrogens is 4. The minimum absolute atomic E-state index is 0.402. The van der Waals surface area contributed by atoms with Gasteiger partial charge in [-0.05, 0) is 37.8 Å². The summed E-state index contributed by atoms with van der Waals surface area (Å²) in [7, 11) is 1.61. The predicted molar refractivity (Wildman–Crippen MR) is 91.4 cm³/mol. The molecular formula is C17H22N6O. The van der Waals surface area contributed by atoms with Crippen LogP contribution in [0.4, 0.5) is 11.6 Å². The first-order valence-corrected chi connectivity index (χ1v) is 8.53. The van der Waals surface area contributed by atoms with Crippen molar-refractivity contribution in [3.63, 3.8) is 0 Å². The standard InChI is InChI=1S/C17H22N6O/c1-24-17-10-15(18-11-19-17)20-13-6-8-23(9-7-13)16-5-4-14(21-22-16)12-2-3-12/h4-5,10-13H,2-3,6-9H2,1H3,(H,18,19,20). The van der Waals surface area contributed by atoms with Gasteiger partial charge in [0.15, 0.2) is 5.82 Å². The molecule has 0 amide bonds. The lowest BCUT2D eigenvalue weighted by molar-refractivity contribution is 0.397. The molecule has 1 aliphatic carbocycles. The van der Waals surface area contributed by atoms with Crippen LogP contribution in [0.5, 0.6) is 5.88 Å². The highest BCUT2D eigenvalue weighted by Gasteiger charge is 2.26. The zero-order chi connectivity index (χ0) is 16.4. The molecule has 1 saturated heterocycles. The van der Waals surface area contributed by atoms with Crippen LogP contribution in [0.2, 0.25) is 0 Å². The number of nitrogens with zero attached hydrogens (tertiary/aromatic N) is 5. The van der Waals surface area contributed by atoms with Crippen LogP contribution >= 0.6 is 0 Å². The maximum absolute atomic E-state index is 5.14. The molecule has 3 heterocycles. The van der Waals surface area contributed by atoms with Crippen LogP contribution in [0.1, 0.15) is 37.3 Å².